The maximum absolute atomic E-state index is 10.7. The number of hydrogen-bond donors (Lipinski definition) is 1. The van der Waals surface area contributed by atoms with Crippen molar-refractivity contribution in [3.63, 3.8) is 0 Å². The molecule has 1 heterocycles. The third kappa shape index (κ3) is 2.06. The van der Waals surface area contributed by atoms with Crippen molar-refractivity contribution in [2.24, 2.45) is 0 Å². The third-order valence-corrected chi connectivity index (χ3v) is 2.24. The minimum Gasteiger partial charge on any atom is -0.478 e. The number of aromatic carboxylic acids is 1. The van der Waals surface area contributed by atoms with E-state index in [9.17, 15) is 4.79 Å². The number of carboxylic acids is 1. The Morgan fingerprint density at radius 3 is 2.44 bits per heavy atom. The number of hydrogen-bond acceptors (Lipinski definition) is 3. The molecule has 0 aliphatic heterocycles. The molecule has 0 bridgehead atoms. The number of aromatic nitrogens is 2. The Bertz CT molecular complexity index is 521. The highest BCUT2D eigenvalue weighted by atomic mass is 16.4. The number of nitrogens with zero attached hydrogens (tertiary/aromatic N) is 2. The summed E-state index contributed by atoms with van der Waals surface area (Å²) in [6.45, 7) is 1.86. The molecule has 0 aliphatic rings. The van der Waals surface area contributed by atoms with Crippen molar-refractivity contribution in [1.82, 2.24) is 10.2 Å². The molecule has 0 amide bonds. The minimum atomic E-state index is -0.921. The fraction of sp³-hybridized carbons (Fsp3) is 0.0833. The van der Waals surface area contributed by atoms with Gasteiger partial charge in [-0.25, -0.2) is 4.79 Å². The second kappa shape index (κ2) is 4.10. The standard InChI is InChI=1S/C12H10N2O2/c1-8-6-11(7-13-14-8)9-2-4-10(5-3-9)12(15)16/h2-7H,1H3,(H,15,16). The summed E-state index contributed by atoms with van der Waals surface area (Å²) in [7, 11) is 0. The van der Waals surface area contributed by atoms with Gasteiger partial charge in [0.15, 0.2) is 0 Å². The number of benzene rings is 1. The van der Waals surface area contributed by atoms with Gasteiger partial charge >= 0.3 is 5.97 Å². The van der Waals surface area contributed by atoms with Gasteiger partial charge in [0, 0.05) is 5.56 Å². The number of carboxylic acid groups (broad SMARTS) is 1. The van der Waals surface area contributed by atoms with Crippen molar-refractivity contribution >= 4 is 5.97 Å². The van der Waals surface area contributed by atoms with Crippen molar-refractivity contribution in [2.75, 3.05) is 0 Å². The van der Waals surface area contributed by atoms with Crippen LogP contribution >= 0.6 is 0 Å². The number of rotatable bonds is 2. The van der Waals surface area contributed by atoms with Crippen LogP contribution in [0.15, 0.2) is 36.5 Å². The lowest BCUT2D eigenvalue weighted by molar-refractivity contribution is 0.0697. The summed E-state index contributed by atoms with van der Waals surface area (Å²) in [4.78, 5) is 10.7. The fourth-order valence-corrected chi connectivity index (χ4v) is 1.44. The lowest BCUT2D eigenvalue weighted by Crippen LogP contribution is -1.95. The first kappa shape index (κ1) is 10.3. The Hall–Kier alpha value is -2.23. The van der Waals surface area contributed by atoms with Crippen LogP contribution in [0.1, 0.15) is 16.1 Å². The maximum atomic E-state index is 10.7. The molecule has 0 saturated carbocycles. The topological polar surface area (TPSA) is 63.1 Å². The summed E-state index contributed by atoms with van der Waals surface area (Å²) in [6.07, 6.45) is 1.66. The van der Waals surface area contributed by atoms with Crippen LogP contribution in [0.4, 0.5) is 0 Å². The summed E-state index contributed by atoms with van der Waals surface area (Å²) < 4.78 is 0. The van der Waals surface area contributed by atoms with Gasteiger partial charge < -0.3 is 5.11 Å². The largest absolute Gasteiger partial charge is 0.478 e. The van der Waals surface area contributed by atoms with E-state index in [0.717, 1.165) is 16.8 Å². The number of aryl methyl sites for hydroxylation is 1. The predicted molar refractivity (Wildman–Crippen MR) is 59.2 cm³/mol. The summed E-state index contributed by atoms with van der Waals surface area (Å²) >= 11 is 0. The van der Waals surface area contributed by atoms with Crippen LogP contribution in [0.25, 0.3) is 11.1 Å². The first-order valence-electron chi connectivity index (χ1n) is 4.80. The van der Waals surface area contributed by atoms with Gasteiger partial charge in [0.1, 0.15) is 0 Å². The normalized spacial score (nSPS) is 10.1. The second-order valence-electron chi connectivity index (χ2n) is 3.47. The van der Waals surface area contributed by atoms with Gasteiger partial charge in [0.25, 0.3) is 0 Å². The summed E-state index contributed by atoms with van der Waals surface area (Å²) in [6, 6.07) is 8.59. The third-order valence-electron chi connectivity index (χ3n) is 2.24. The van der Waals surface area contributed by atoms with Crippen molar-refractivity contribution in [2.45, 2.75) is 6.92 Å². The van der Waals surface area contributed by atoms with E-state index in [-0.39, 0.29) is 5.56 Å². The van der Waals surface area contributed by atoms with Crippen molar-refractivity contribution in [3.05, 3.63) is 47.8 Å². The molecule has 80 valence electrons. The van der Waals surface area contributed by atoms with E-state index >= 15 is 0 Å². The molecule has 0 unspecified atom stereocenters. The van der Waals surface area contributed by atoms with Crippen LogP contribution in [0, 0.1) is 6.92 Å². The molecule has 0 radical (unpaired) electrons. The van der Waals surface area contributed by atoms with Gasteiger partial charge in [-0.15, -0.1) is 0 Å². The van der Waals surface area contributed by atoms with Crippen molar-refractivity contribution < 1.29 is 9.90 Å². The van der Waals surface area contributed by atoms with E-state index in [4.69, 9.17) is 5.11 Å². The summed E-state index contributed by atoms with van der Waals surface area (Å²) in [5.74, 6) is -0.921. The first-order chi connectivity index (χ1) is 7.66. The van der Waals surface area contributed by atoms with E-state index in [0.29, 0.717) is 0 Å². The van der Waals surface area contributed by atoms with E-state index in [1.54, 1.807) is 30.5 Å². The minimum absolute atomic E-state index is 0.280. The SMILES string of the molecule is Cc1cc(-c2ccc(C(=O)O)cc2)cnn1. The van der Waals surface area contributed by atoms with Crippen LogP contribution in [0.3, 0.4) is 0 Å². The molecule has 0 fully saturated rings. The van der Waals surface area contributed by atoms with Crippen LogP contribution in [-0.2, 0) is 0 Å². The zero-order chi connectivity index (χ0) is 11.5. The predicted octanol–water partition coefficient (Wildman–Crippen LogP) is 2.15. The molecule has 1 aromatic carbocycles. The Kier molecular flexibility index (Phi) is 2.64. The van der Waals surface area contributed by atoms with Crippen LogP contribution in [0.5, 0.6) is 0 Å². The zero-order valence-electron chi connectivity index (χ0n) is 8.71. The molecule has 0 spiro atoms. The van der Waals surface area contributed by atoms with Crippen molar-refractivity contribution in [3.8, 4) is 11.1 Å². The highest BCUT2D eigenvalue weighted by Gasteiger charge is 2.03. The van der Waals surface area contributed by atoms with Gasteiger partial charge in [0.2, 0.25) is 0 Å². The van der Waals surface area contributed by atoms with Gasteiger partial charge in [-0.2, -0.15) is 10.2 Å². The summed E-state index contributed by atoms with van der Waals surface area (Å²) in [5.41, 5.74) is 2.98. The molecule has 4 nitrogen and oxygen atoms in total. The van der Waals surface area contributed by atoms with Gasteiger partial charge in [0.05, 0.1) is 17.5 Å². The van der Waals surface area contributed by atoms with Gasteiger partial charge in [-0.3, -0.25) is 0 Å². The Labute approximate surface area is 92.6 Å². The molecular formula is C12H10N2O2. The van der Waals surface area contributed by atoms with Crippen LogP contribution < -0.4 is 0 Å². The lowest BCUT2D eigenvalue weighted by Gasteiger charge is -2.01. The summed E-state index contributed by atoms with van der Waals surface area (Å²) in [5, 5.41) is 16.5. The molecule has 1 aromatic heterocycles. The molecule has 2 rings (SSSR count). The van der Waals surface area contributed by atoms with Gasteiger partial charge in [-0.05, 0) is 30.7 Å². The van der Waals surface area contributed by atoms with Crippen molar-refractivity contribution in [1.29, 1.82) is 0 Å². The van der Waals surface area contributed by atoms with E-state index < -0.39 is 5.97 Å². The zero-order valence-corrected chi connectivity index (χ0v) is 8.71. The molecule has 0 atom stereocenters. The van der Waals surface area contributed by atoms with Gasteiger partial charge in [-0.1, -0.05) is 12.1 Å². The van der Waals surface area contributed by atoms with E-state index in [1.807, 2.05) is 13.0 Å². The first-order valence-corrected chi connectivity index (χ1v) is 4.80. The highest BCUT2D eigenvalue weighted by molar-refractivity contribution is 5.88. The quantitative estimate of drug-likeness (QED) is 0.831. The molecule has 4 heteroatoms. The molecular weight excluding hydrogens is 204 g/mol. The molecule has 0 saturated heterocycles. The molecule has 0 aliphatic carbocycles. The Morgan fingerprint density at radius 1 is 1.19 bits per heavy atom. The molecule has 16 heavy (non-hydrogen) atoms. The molecule has 2 aromatic rings. The smallest absolute Gasteiger partial charge is 0.335 e. The second-order valence-corrected chi connectivity index (χ2v) is 3.47. The van der Waals surface area contributed by atoms with Crippen LogP contribution in [-0.4, -0.2) is 21.3 Å². The average Bonchev–Trinajstić information content (AvgIpc) is 2.29. The Morgan fingerprint density at radius 2 is 1.88 bits per heavy atom. The van der Waals surface area contributed by atoms with E-state index in [1.165, 1.54) is 0 Å². The fourth-order valence-electron chi connectivity index (χ4n) is 1.44. The van der Waals surface area contributed by atoms with Crippen LogP contribution in [0.2, 0.25) is 0 Å². The number of carbonyl (C=O) groups is 1. The average molecular weight is 214 g/mol. The highest BCUT2D eigenvalue weighted by Crippen LogP contribution is 2.18. The Balaban J connectivity index is 2.38. The monoisotopic (exact) mass is 214 g/mol. The molecule has 1 N–H and O–H groups in total. The lowest BCUT2D eigenvalue weighted by atomic mass is 10.1. The maximum Gasteiger partial charge on any atom is 0.335 e. The van der Waals surface area contributed by atoms with E-state index in [2.05, 4.69) is 10.2 Å².